The van der Waals surface area contributed by atoms with Gasteiger partial charge in [-0.2, -0.15) is 0 Å². The molecule has 2 heterocycles. The fourth-order valence-electron chi connectivity index (χ4n) is 3.21. The van der Waals surface area contributed by atoms with Crippen LogP contribution in [0.15, 0.2) is 6.07 Å². The lowest BCUT2D eigenvalue weighted by Gasteiger charge is -2.26. The number of fused-ring (bicyclic) bond motifs is 1. The molecule has 2 aliphatic heterocycles. The molecule has 2 aliphatic rings. The van der Waals surface area contributed by atoms with E-state index in [-0.39, 0.29) is 0 Å². The van der Waals surface area contributed by atoms with Gasteiger partial charge in [-0.1, -0.05) is 18.5 Å². The van der Waals surface area contributed by atoms with Crippen LogP contribution in [-0.2, 0) is 12.8 Å². The van der Waals surface area contributed by atoms with Gasteiger partial charge in [0.15, 0.2) is 11.5 Å². The number of piperidine rings is 1. The van der Waals surface area contributed by atoms with Gasteiger partial charge in [0.25, 0.3) is 0 Å². The van der Waals surface area contributed by atoms with E-state index in [4.69, 9.17) is 21.1 Å². The van der Waals surface area contributed by atoms with Crippen molar-refractivity contribution in [3.05, 3.63) is 22.2 Å². The van der Waals surface area contributed by atoms with E-state index in [1.165, 1.54) is 24.0 Å². The Hall–Kier alpha value is -0.930. The van der Waals surface area contributed by atoms with Gasteiger partial charge < -0.3 is 14.8 Å². The summed E-state index contributed by atoms with van der Waals surface area (Å²) in [6.07, 6.45) is 4.57. The fraction of sp³-hybridized carbons (Fsp3) is 0.625. The molecule has 0 aliphatic carbocycles. The molecule has 0 bridgehead atoms. The van der Waals surface area contributed by atoms with Crippen LogP contribution in [0.2, 0.25) is 5.02 Å². The molecule has 1 unspecified atom stereocenters. The maximum absolute atomic E-state index is 6.53. The highest BCUT2D eigenvalue weighted by atomic mass is 35.5. The quantitative estimate of drug-likeness (QED) is 0.929. The standard InChI is InChI=1S/C16H22ClNO2/c1-2-13-12(8-11-4-3-5-18-10-11)9-14-16(15(13)17)20-7-6-19-14/h9,11,18H,2-8,10H2,1H3. The van der Waals surface area contributed by atoms with Crippen LogP contribution in [0.25, 0.3) is 0 Å². The van der Waals surface area contributed by atoms with Crippen molar-refractivity contribution in [2.24, 2.45) is 5.92 Å². The highest BCUT2D eigenvalue weighted by molar-refractivity contribution is 6.33. The van der Waals surface area contributed by atoms with E-state index in [1.807, 2.05) is 0 Å². The van der Waals surface area contributed by atoms with Gasteiger partial charge in [-0.05, 0) is 61.9 Å². The van der Waals surface area contributed by atoms with Gasteiger partial charge in [0.2, 0.25) is 0 Å². The van der Waals surface area contributed by atoms with Crippen molar-refractivity contribution in [1.82, 2.24) is 5.32 Å². The lowest BCUT2D eigenvalue weighted by Crippen LogP contribution is -2.31. The number of hydrogen-bond donors (Lipinski definition) is 1. The SMILES string of the molecule is CCc1c(CC2CCCNC2)cc2c(c1Cl)OCCO2. The molecule has 20 heavy (non-hydrogen) atoms. The highest BCUT2D eigenvalue weighted by Crippen LogP contribution is 2.42. The molecule has 4 heteroatoms. The average Bonchev–Trinajstić information content (AvgIpc) is 2.49. The lowest BCUT2D eigenvalue weighted by molar-refractivity contribution is 0.171. The van der Waals surface area contributed by atoms with Crippen molar-refractivity contribution in [1.29, 1.82) is 0 Å². The van der Waals surface area contributed by atoms with Crippen molar-refractivity contribution in [3.8, 4) is 11.5 Å². The Bertz CT molecular complexity index is 484. The molecule has 1 fully saturated rings. The first-order valence-corrected chi connectivity index (χ1v) is 7.98. The smallest absolute Gasteiger partial charge is 0.180 e. The summed E-state index contributed by atoms with van der Waals surface area (Å²) in [5.74, 6) is 2.25. The van der Waals surface area contributed by atoms with Gasteiger partial charge in [0.1, 0.15) is 13.2 Å². The minimum absolute atomic E-state index is 0.585. The molecular weight excluding hydrogens is 274 g/mol. The normalized spacial score (nSPS) is 21.8. The Morgan fingerprint density at radius 1 is 1.35 bits per heavy atom. The largest absolute Gasteiger partial charge is 0.486 e. The van der Waals surface area contributed by atoms with Gasteiger partial charge in [0.05, 0.1) is 5.02 Å². The first-order chi connectivity index (χ1) is 9.79. The summed E-state index contributed by atoms with van der Waals surface area (Å²) in [7, 11) is 0. The first-order valence-electron chi connectivity index (χ1n) is 7.60. The first kappa shape index (κ1) is 14.0. The summed E-state index contributed by atoms with van der Waals surface area (Å²) < 4.78 is 11.4. The van der Waals surface area contributed by atoms with Crippen LogP contribution in [0, 0.1) is 5.92 Å². The Balaban J connectivity index is 1.90. The van der Waals surface area contributed by atoms with Gasteiger partial charge in [-0.3, -0.25) is 0 Å². The molecule has 1 aromatic rings. The highest BCUT2D eigenvalue weighted by Gasteiger charge is 2.23. The molecule has 110 valence electrons. The molecular formula is C16H22ClNO2. The zero-order chi connectivity index (χ0) is 13.9. The van der Waals surface area contributed by atoms with Crippen molar-refractivity contribution < 1.29 is 9.47 Å². The molecule has 0 amide bonds. The fourth-order valence-corrected chi connectivity index (χ4v) is 3.61. The Morgan fingerprint density at radius 2 is 2.20 bits per heavy atom. The van der Waals surface area contributed by atoms with E-state index in [0.717, 1.165) is 42.5 Å². The third kappa shape index (κ3) is 2.75. The molecule has 0 radical (unpaired) electrons. The number of ether oxygens (including phenoxy) is 2. The van der Waals surface area contributed by atoms with E-state index < -0.39 is 0 Å². The molecule has 1 atom stereocenters. The topological polar surface area (TPSA) is 30.5 Å². The average molecular weight is 296 g/mol. The van der Waals surface area contributed by atoms with Crippen molar-refractivity contribution in [2.45, 2.75) is 32.6 Å². The van der Waals surface area contributed by atoms with Crippen molar-refractivity contribution in [2.75, 3.05) is 26.3 Å². The summed E-state index contributed by atoms with van der Waals surface area (Å²) in [6.45, 7) is 5.61. The lowest BCUT2D eigenvalue weighted by atomic mass is 9.89. The van der Waals surface area contributed by atoms with E-state index in [2.05, 4.69) is 18.3 Å². The zero-order valence-corrected chi connectivity index (χ0v) is 12.8. The summed E-state index contributed by atoms with van der Waals surface area (Å²) in [5, 5.41) is 4.23. The van der Waals surface area contributed by atoms with Gasteiger partial charge in [-0.15, -0.1) is 0 Å². The number of rotatable bonds is 3. The van der Waals surface area contributed by atoms with E-state index >= 15 is 0 Å². The second kappa shape index (κ2) is 6.23. The second-order valence-corrected chi connectivity index (χ2v) is 6.00. The van der Waals surface area contributed by atoms with Crippen molar-refractivity contribution in [3.63, 3.8) is 0 Å². The van der Waals surface area contributed by atoms with E-state index in [1.54, 1.807) is 0 Å². The van der Waals surface area contributed by atoms with E-state index in [9.17, 15) is 0 Å². The summed E-state index contributed by atoms with van der Waals surface area (Å²) in [4.78, 5) is 0. The zero-order valence-electron chi connectivity index (χ0n) is 12.0. The molecule has 3 rings (SSSR count). The van der Waals surface area contributed by atoms with Crippen LogP contribution in [-0.4, -0.2) is 26.3 Å². The second-order valence-electron chi connectivity index (χ2n) is 5.62. The predicted molar refractivity (Wildman–Crippen MR) is 81.1 cm³/mol. The molecule has 3 nitrogen and oxygen atoms in total. The summed E-state index contributed by atoms with van der Waals surface area (Å²) in [5.41, 5.74) is 2.55. The van der Waals surface area contributed by atoms with Crippen LogP contribution in [0.1, 0.15) is 30.9 Å². The minimum atomic E-state index is 0.585. The summed E-state index contributed by atoms with van der Waals surface area (Å²) in [6, 6.07) is 2.15. The number of hydrogen-bond acceptors (Lipinski definition) is 3. The predicted octanol–water partition coefficient (Wildman–Crippen LogP) is 3.22. The van der Waals surface area contributed by atoms with Crippen LogP contribution >= 0.6 is 11.6 Å². The third-order valence-corrected chi connectivity index (χ3v) is 4.63. The van der Waals surface area contributed by atoms with E-state index in [0.29, 0.717) is 19.1 Å². The molecule has 1 aromatic carbocycles. The van der Waals surface area contributed by atoms with Crippen molar-refractivity contribution >= 4 is 11.6 Å². The minimum Gasteiger partial charge on any atom is -0.486 e. The molecule has 0 aromatic heterocycles. The van der Waals surface area contributed by atoms with Crippen LogP contribution in [0.4, 0.5) is 0 Å². The number of halogens is 1. The molecule has 1 N–H and O–H groups in total. The molecule has 0 spiro atoms. The van der Waals surface area contributed by atoms with Gasteiger partial charge in [-0.25, -0.2) is 0 Å². The van der Waals surface area contributed by atoms with Crippen LogP contribution in [0.5, 0.6) is 11.5 Å². The van der Waals surface area contributed by atoms with Gasteiger partial charge >= 0.3 is 0 Å². The number of benzene rings is 1. The Morgan fingerprint density at radius 3 is 2.95 bits per heavy atom. The Labute approximate surface area is 125 Å². The monoisotopic (exact) mass is 295 g/mol. The number of nitrogens with one attached hydrogen (secondary N) is 1. The molecule has 1 saturated heterocycles. The van der Waals surface area contributed by atoms with Crippen LogP contribution < -0.4 is 14.8 Å². The third-order valence-electron chi connectivity index (χ3n) is 4.23. The maximum atomic E-state index is 6.53. The Kier molecular flexibility index (Phi) is 4.37. The maximum Gasteiger partial charge on any atom is 0.180 e. The molecule has 0 saturated carbocycles. The van der Waals surface area contributed by atoms with Gasteiger partial charge in [0, 0.05) is 0 Å². The van der Waals surface area contributed by atoms with Crippen LogP contribution in [0.3, 0.4) is 0 Å². The summed E-state index contributed by atoms with van der Waals surface area (Å²) >= 11 is 6.53.